The molecule has 0 saturated heterocycles. The minimum absolute atomic E-state index is 1.20. The first-order chi connectivity index (χ1) is 9.34. The summed E-state index contributed by atoms with van der Waals surface area (Å²) >= 11 is 0. The smallest absolute Gasteiger partial charge is 0.0950 e. The molecule has 0 saturated carbocycles. The molecule has 1 aliphatic heterocycles. The maximum atomic E-state index is 4.02. The van der Waals surface area contributed by atoms with E-state index in [2.05, 4.69) is 67.3 Å². The van der Waals surface area contributed by atoms with E-state index in [1.165, 1.54) is 24.6 Å². The van der Waals surface area contributed by atoms with Crippen LogP contribution >= 0.6 is 0 Å². The standard InChI is InChI=1S/C18H20Si/c1-2-13-19(18-10-4-3-5-11-18)14-12-16-8-6-7-9-17(16)15-19/h2-11H,1,12-15H2. The molecule has 2 aromatic rings. The Morgan fingerprint density at radius 2 is 1.63 bits per heavy atom. The highest BCUT2D eigenvalue weighted by molar-refractivity contribution is 6.92. The van der Waals surface area contributed by atoms with E-state index in [1.807, 2.05) is 0 Å². The van der Waals surface area contributed by atoms with Crippen LogP contribution in [0.1, 0.15) is 11.1 Å². The molecule has 0 N–H and O–H groups in total. The van der Waals surface area contributed by atoms with E-state index in [0.29, 0.717) is 0 Å². The van der Waals surface area contributed by atoms with E-state index < -0.39 is 8.07 Å². The second kappa shape index (κ2) is 5.18. The third-order valence-electron chi connectivity index (χ3n) is 4.44. The van der Waals surface area contributed by atoms with Crippen LogP contribution in [0.4, 0.5) is 0 Å². The van der Waals surface area contributed by atoms with Gasteiger partial charge in [-0.1, -0.05) is 65.9 Å². The Bertz CT molecular complexity index is 573. The third-order valence-corrected chi connectivity index (χ3v) is 9.33. The molecule has 0 amide bonds. The Balaban J connectivity index is 2.03. The van der Waals surface area contributed by atoms with Crippen molar-refractivity contribution in [3.8, 4) is 0 Å². The highest BCUT2D eigenvalue weighted by Gasteiger charge is 2.36. The lowest BCUT2D eigenvalue weighted by molar-refractivity contribution is 0.993. The molecule has 1 heteroatoms. The van der Waals surface area contributed by atoms with Crippen molar-refractivity contribution in [1.82, 2.24) is 0 Å². The molecular weight excluding hydrogens is 244 g/mol. The number of allylic oxidation sites excluding steroid dienone is 1. The Labute approximate surface area is 116 Å². The maximum Gasteiger partial charge on any atom is 0.0950 e. The molecule has 19 heavy (non-hydrogen) atoms. The van der Waals surface area contributed by atoms with Gasteiger partial charge >= 0.3 is 0 Å². The van der Waals surface area contributed by atoms with Crippen LogP contribution in [0, 0.1) is 0 Å². The number of benzene rings is 2. The van der Waals surface area contributed by atoms with Crippen molar-refractivity contribution >= 4 is 13.3 Å². The van der Waals surface area contributed by atoms with E-state index in [0.717, 1.165) is 0 Å². The van der Waals surface area contributed by atoms with Crippen LogP contribution in [0.25, 0.3) is 0 Å². The van der Waals surface area contributed by atoms with E-state index in [9.17, 15) is 0 Å². The van der Waals surface area contributed by atoms with Gasteiger partial charge in [-0.25, -0.2) is 0 Å². The van der Waals surface area contributed by atoms with Crippen molar-refractivity contribution in [2.75, 3.05) is 0 Å². The summed E-state index contributed by atoms with van der Waals surface area (Å²) in [6, 6.07) is 24.0. The van der Waals surface area contributed by atoms with Crippen molar-refractivity contribution in [2.45, 2.75) is 24.6 Å². The molecule has 1 aliphatic rings. The molecular formula is C18H20Si. The minimum atomic E-state index is -1.43. The third kappa shape index (κ3) is 2.31. The molecule has 3 rings (SSSR count). The first-order valence-electron chi connectivity index (χ1n) is 7.07. The van der Waals surface area contributed by atoms with Gasteiger partial charge in [0.15, 0.2) is 0 Å². The average Bonchev–Trinajstić information content (AvgIpc) is 2.48. The molecule has 0 nitrogen and oxygen atoms in total. The molecule has 1 unspecified atom stereocenters. The molecule has 0 bridgehead atoms. The van der Waals surface area contributed by atoms with Crippen molar-refractivity contribution in [1.29, 1.82) is 0 Å². The van der Waals surface area contributed by atoms with Gasteiger partial charge in [-0.2, -0.15) is 0 Å². The molecule has 1 heterocycles. The van der Waals surface area contributed by atoms with Crippen LogP contribution in [0.5, 0.6) is 0 Å². The minimum Gasteiger partial charge on any atom is -0.103 e. The predicted molar refractivity (Wildman–Crippen MR) is 85.5 cm³/mol. The average molecular weight is 264 g/mol. The van der Waals surface area contributed by atoms with Gasteiger partial charge in [0.05, 0.1) is 8.07 Å². The van der Waals surface area contributed by atoms with Crippen LogP contribution < -0.4 is 5.19 Å². The Kier molecular flexibility index (Phi) is 3.39. The molecule has 2 aromatic carbocycles. The summed E-state index contributed by atoms with van der Waals surface area (Å²) < 4.78 is 0. The SMILES string of the molecule is C=CC[Si]1(c2ccccc2)CCc2ccccc2C1. The molecule has 0 spiro atoms. The molecule has 0 aromatic heterocycles. The summed E-state index contributed by atoms with van der Waals surface area (Å²) in [4.78, 5) is 0. The quantitative estimate of drug-likeness (QED) is 0.583. The lowest BCUT2D eigenvalue weighted by atomic mass is 10.1. The van der Waals surface area contributed by atoms with E-state index in [4.69, 9.17) is 0 Å². The topological polar surface area (TPSA) is 0 Å². The van der Waals surface area contributed by atoms with Crippen molar-refractivity contribution in [3.63, 3.8) is 0 Å². The lowest BCUT2D eigenvalue weighted by Crippen LogP contribution is -2.51. The zero-order chi connectivity index (χ0) is 13.1. The van der Waals surface area contributed by atoms with Crippen LogP contribution in [0.3, 0.4) is 0 Å². The first kappa shape index (κ1) is 12.4. The maximum absolute atomic E-state index is 4.02. The Hall–Kier alpha value is -1.60. The number of rotatable bonds is 3. The molecule has 96 valence electrons. The predicted octanol–water partition coefficient (Wildman–Crippen LogP) is 3.87. The summed E-state index contributed by atoms with van der Waals surface area (Å²) in [7, 11) is -1.43. The number of fused-ring (bicyclic) bond motifs is 1. The van der Waals surface area contributed by atoms with Crippen LogP contribution in [-0.2, 0) is 12.5 Å². The van der Waals surface area contributed by atoms with Gasteiger partial charge in [0, 0.05) is 0 Å². The van der Waals surface area contributed by atoms with Gasteiger partial charge in [-0.05, 0) is 35.7 Å². The fourth-order valence-corrected chi connectivity index (χ4v) is 7.94. The molecule has 0 radical (unpaired) electrons. The molecule has 0 aliphatic carbocycles. The largest absolute Gasteiger partial charge is 0.103 e. The van der Waals surface area contributed by atoms with Gasteiger partial charge in [0.1, 0.15) is 0 Å². The summed E-state index contributed by atoms with van der Waals surface area (Å²) in [5, 5.41) is 1.60. The van der Waals surface area contributed by atoms with Gasteiger partial charge in [0.25, 0.3) is 0 Å². The summed E-state index contributed by atoms with van der Waals surface area (Å²) in [5.41, 5.74) is 3.14. The highest BCUT2D eigenvalue weighted by Crippen LogP contribution is 2.31. The highest BCUT2D eigenvalue weighted by atomic mass is 28.3. The van der Waals surface area contributed by atoms with E-state index in [-0.39, 0.29) is 0 Å². The number of hydrogen-bond acceptors (Lipinski definition) is 0. The number of hydrogen-bond donors (Lipinski definition) is 0. The normalized spacial score (nSPS) is 21.7. The fourth-order valence-electron chi connectivity index (χ4n) is 3.41. The van der Waals surface area contributed by atoms with Gasteiger partial charge in [-0.15, -0.1) is 6.58 Å². The lowest BCUT2D eigenvalue weighted by Gasteiger charge is -2.36. The Morgan fingerprint density at radius 3 is 2.37 bits per heavy atom. The Morgan fingerprint density at radius 1 is 0.947 bits per heavy atom. The van der Waals surface area contributed by atoms with Gasteiger partial charge in [0.2, 0.25) is 0 Å². The van der Waals surface area contributed by atoms with Crippen molar-refractivity contribution in [3.05, 3.63) is 78.4 Å². The van der Waals surface area contributed by atoms with Crippen LogP contribution in [0.2, 0.25) is 12.1 Å². The summed E-state index contributed by atoms with van der Waals surface area (Å²) in [5.74, 6) is 0. The van der Waals surface area contributed by atoms with Crippen molar-refractivity contribution in [2.24, 2.45) is 0 Å². The van der Waals surface area contributed by atoms with E-state index >= 15 is 0 Å². The van der Waals surface area contributed by atoms with Gasteiger partial charge in [-0.3, -0.25) is 0 Å². The first-order valence-corrected chi connectivity index (χ1v) is 9.69. The molecule has 0 fully saturated rings. The van der Waals surface area contributed by atoms with Crippen LogP contribution in [-0.4, -0.2) is 8.07 Å². The number of aryl methyl sites for hydroxylation is 1. The van der Waals surface area contributed by atoms with Crippen molar-refractivity contribution < 1.29 is 0 Å². The zero-order valence-corrected chi connectivity index (χ0v) is 12.3. The zero-order valence-electron chi connectivity index (χ0n) is 11.3. The summed E-state index contributed by atoms with van der Waals surface area (Å²) in [6.45, 7) is 4.02. The van der Waals surface area contributed by atoms with E-state index in [1.54, 1.807) is 16.3 Å². The second-order valence-electron chi connectivity index (χ2n) is 5.58. The molecule has 1 atom stereocenters. The fraction of sp³-hybridized carbons (Fsp3) is 0.222. The summed E-state index contributed by atoms with van der Waals surface area (Å²) in [6.07, 6.45) is 3.39. The second-order valence-corrected chi connectivity index (χ2v) is 9.98. The van der Waals surface area contributed by atoms with Crippen LogP contribution in [0.15, 0.2) is 67.3 Å². The monoisotopic (exact) mass is 264 g/mol. The van der Waals surface area contributed by atoms with Gasteiger partial charge < -0.3 is 0 Å².